The number of Topliss-reactive ketones (excluding diaryl/α,β-unsaturated/α-hetero) is 1. The lowest BCUT2D eigenvalue weighted by Crippen LogP contribution is -2.25. The van der Waals surface area contributed by atoms with E-state index in [0.29, 0.717) is 5.33 Å². The van der Waals surface area contributed by atoms with Crippen LogP contribution in [0.2, 0.25) is 0 Å². The second-order valence-electron chi connectivity index (χ2n) is 3.71. The molecule has 0 amide bonds. The van der Waals surface area contributed by atoms with Crippen molar-refractivity contribution in [3.05, 3.63) is 35.9 Å². The van der Waals surface area contributed by atoms with Crippen LogP contribution < -0.4 is 0 Å². The van der Waals surface area contributed by atoms with Crippen LogP contribution in [0.15, 0.2) is 30.3 Å². The summed E-state index contributed by atoms with van der Waals surface area (Å²) >= 11 is 3.35. The van der Waals surface area contributed by atoms with Gasteiger partial charge in [0, 0.05) is 16.3 Å². The molecule has 70 valence electrons. The summed E-state index contributed by atoms with van der Waals surface area (Å²) in [5.74, 6) is 0.185. The Hall–Kier alpha value is -0.630. The summed E-state index contributed by atoms with van der Waals surface area (Å²) in [4.78, 5) is 11.9. The molecule has 0 saturated heterocycles. The molecule has 1 nitrogen and oxygen atoms in total. The fourth-order valence-corrected chi connectivity index (χ4v) is 1.30. The van der Waals surface area contributed by atoms with E-state index in [0.717, 1.165) is 5.56 Å². The molecule has 0 aliphatic rings. The molecule has 0 heterocycles. The first-order valence-electron chi connectivity index (χ1n) is 4.24. The molecule has 1 aromatic rings. The van der Waals surface area contributed by atoms with E-state index in [1.54, 1.807) is 0 Å². The zero-order chi connectivity index (χ0) is 9.90. The van der Waals surface area contributed by atoms with Gasteiger partial charge >= 0.3 is 0 Å². The molecule has 0 saturated carbocycles. The van der Waals surface area contributed by atoms with E-state index >= 15 is 0 Å². The second kappa shape index (κ2) is 4.05. The molecular formula is C11H13BrO. The number of alkyl halides is 1. The standard InChI is InChI=1S/C11H13BrO/c1-11(2,8-12)10(13)9-6-4-3-5-7-9/h3-7H,8H2,1-2H3. The van der Waals surface area contributed by atoms with Crippen molar-refractivity contribution in [2.75, 3.05) is 5.33 Å². The molecular weight excluding hydrogens is 228 g/mol. The summed E-state index contributed by atoms with van der Waals surface area (Å²) in [6, 6.07) is 9.40. The van der Waals surface area contributed by atoms with Crippen molar-refractivity contribution in [3.63, 3.8) is 0 Å². The number of carbonyl (C=O) groups is 1. The van der Waals surface area contributed by atoms with E-state index in [9.17, 15) is 4.79 Å². The Bertz CT molecular complexity index is 290. The number of hydrogen-bond acceptors (Lipinski definition) is 1. The van der Waals surface area contributed by atoms with Crippen LogP contribution in [0.3, 0.4) is 0 Å². The molecule has 13 heavy (non-hydrogen) atoms. The zero-order valence-electron chi connectivity index (χ0n) is 7.88. The van der Waals surface area contributed by atoms with Crippen molar-refractivity contribution in [1.29, 1.82) is 0 Å². The molecule has 1 aromatic carbocycles. The van der Waals surface area contributed by atoms with Crippen molar-refractivity contribution >= 4 is 21.7 Å². The van der Waals surface area contributed by atoms with E-state index in [2.05, 4.69) is 15.9 Å². The predicted molar refractivity (Wildman–Crippen MR) is 58.3 cm³/mol. The van der Waals surface area contributed by atoms with Gasteiger partial charge in [0.1, 0.15) is 0 Å². The van der Waals surface area contributed by atoms with Crippen LogP contribution in [0.1, 0.15) is 24.2 Å². The lowest BCUT2D eigenvalue weighted by Gasteiger charge is -2.19. The third-order valence-electron chi connectivity index (χ3n) is 1.98. The van der Waals surface area contributed by atoms with Crippen LogP contribution in [-0.4, -0.2) is 11.1 Å². The highest BCUT2D eigenvalue weighted by Crippen LogP contribution is 2.23. The third-order valence-corrected chi connectivity index (χ3v) is 3.39. The predicted octanol–water partition coefficient (Wildman–Crippen LogP) is 3.29. The SMILES string of the molecule is CC(C)(CBr)C(=O)c1ccccc1. The third kappa shape index (κ3) is 2.41. The summed E-state index contributed by atoms with van der Waals surface area (Å²) in [5, 5.41) is 0.688. The molecule has 0 radical (unpaired) electrons. The van der Waals surface area contributed by atoms with E-state index in [1.807, 2.05) is 44.2 Å². The van der Waals surface area contributed by atoms with Crippen LogP contribution in [0, 0.1) is 5.41 Å². The van der Waals surface area contributed by atoms with Gasteiger partial charge < -0.3 is 0 Å². The molecule has 2 heteroatoms. The fraction of sp³-hybridized carbons (Fsp3) is 0.364. The number of halogens is 1. The first-order valence-corrected chi connectivity index (χ1v) is 5.36. The summed E-state index contributed by atoms with van der Waals surface area (Å²) in [5.41, 5.74) is 0.466. The lowest BCUT2D eigenvalue weighted by atomic mass is 9.86. The maximum atomic E-state index is 11.9. The van der Waals surface area contributed by atoms with Crippen LogP contribution in [0.25, 0.3) is 0 Å². The van der Waals surface area contributed by atoms with Crippen molar-refractivity contribution in [2.24, 2.45) is 5.41 Å². The quantitative estimate of drug-likeness (QED) is 0.586. The van der Waals surface area contributed by atoms with Gasteiger partial charge in [-0.3, -0.25) is 4.79 Å². The Kier molecular flexibility index (Phi) is 3.26. The van der Waals surface area contributed by atoms with E-state index in [4.69, 9.17) is 0 Å². The van der Waals surface area contributed by atoms with Gasteiger partial charge in [-0.15, -0.1) is 0 Å². The number of carbonyl (C=O) groups excluding carboxylic acids is 1. The van der Waals surface area contributed by atoms with Gasteiger partial charge in [-0.1, -0.05) is 60.1 Å². The minimum absolute atomic E-state index is 0.185. The summed E-state index contributed by atoms with van der Waals surface area (Å²) < 4.78 is 0. The smallest absolute Gasteiger partial charge is 0.169 e. The molecule has 0 aliphatic carbocycles. The number of benzene rings is 1. The highest BCUT2D eigenvalue weighted by Gasteiger charge is 2.26. The van der Waals surface area contributed by atoms with E-state index in [-0.39, 0.29) is 11.2 Å². The van der Waals surface area contributed by atoms with Gasteiger partial charge in [0.15, 0.2) is 5.78 Å². The number of ketones is 1. The van der Waals surface area contributed by atoms with Gasteiger partial charge in [-0.25, -0.2) is 0 Å². The minimum Gasteiger partial charge on any atom is -0.294 e. The van der Waals surface area contributed by atoms with Gasteiger partial charge in [-0.2, -0.15) is 0 Å². The number of rotatable bonds is 3. The molecule has 0 spiro atoms. The second-order valence-corrected chi connectivity index (χ2v) is 4.27. The topological polar surface area (TPSA) is 17.1 Å². The van der Waals surface area contributed by atoms with Gasteiger partial charge in [0.05, 0.1) is 0 Å². The first kappa shape index (κ1) is 10.5. The normalized spacial score (nSPS) is 11.3. The van der Waals surface area contributed by atoms with Crippen LogP contribution >= 0.6 is 15.9 Å². The molecule has 0 bridgehead atoms. The maximum Gasteiger partial charge on any atom is 0.169 e. The minimum atomic E-state index is -0.318. The van der Waals surface area contributed by atoms with E-state index in [1.165, 1.54) is 0 Å². The van der Waals surface area contributed by atoms with E-state index < -0.39 is 0 Å². The zero-order valence-corrected chi connectivity index (χ0v) is 9.47. The van der Waals surface area contributed by atoms with Gasteiger partial charge in [0.2, 0.25) is 0 Å². The van der Waals surface area contributed by atoms with Gasteiger partial charge in [0.25, 0.3) is 0 Å². The molecule has 1 rings (SSSR count). The fourth-order valence-electron chi connectivity index (χ4n) is 1.04. The number of hydrogen-bond donors (Lipinski definition) is 0. The van der Waals surface area contributed by atoms with Crippen molar-refractivity contribution in [3.8, 4) is 0 Å². The Labute approximate surface area is 87.3 Å². The van der Waals surface area contributed by atoms with Crippen LogP contribution in [0.4, 0.5) is 0 Å². The average molecular weight is 241 g/mol. The van der Waals surface area contributed by atoms with Crippen molar-refractivity contribution in [2.45, 2.75) is 13.8 Å². The summed E-state index contributed by atoms with van der Waals surface area (Å²) in [6.45, 7) is 3.88. The largest absolute Gasteiger partial charge is 0.294 e. The molecule has 0 aromatic heterocycles. The monoisotopic (exact) mass is 240 g/mol. The summed E-state index contributed by atoms with van der Waals surface area (Å²) in [7, 11) is 0. The highest BCUT2D eigenvalue weighted by atomic mass is 79.9. The average Bonchev–Trinajstić information content (AvgIpc) is 2.18. The highest BCUT2D eigenvalue weighted by molar-refractivity contribution is 9.09. The van der Waals surface area contributed by atoms with Crippen molar-refractivity contribution < 1.29 is 4.79 Å². The molecule has 0 atom stereocenters. The Morgan fingerprint density at radius 1 is 1.31 bits per heavy atom. The molecule has 0 fully saturated rings. The molecule has 0 unspecified atom stereocenters. The van der Waals surface area contributed by atoms with Crippen LogP contribution in [-0.2, 0) is 0 Å². The van der Waals surface area contributed by atoms with Gasteiger partial charge in [-0.05, 0) is 0 Å². The van der Waals surface area contributed by atoms with Crippen molar-refractivity contribution in [1.82, 2.24) is 0 Å². The lowest BCUT2D eigenvalue weighted by molar-refractivity contribution is 0.0864. The Balaban J connectivity index is 2.93. The first-order chi connectivity index (χ1) is 6.08. The Morgan fingerprint density at radius 2 is 1.85 bits per heavy atom. The summed E-state index contributed by atoms with van der Waals surface area (Å²) in [6.07, 6.45) is 0. The maximum absolute atomic E-state index is 11.9. The Morgan fingerprint density at radius 3 is 2.31 bits per heavy atom. The van der Waals surface area contributed by atoms with Crippen LogP contribution in [0.5, 0.6) is 0 Å². The molecule has 0 N–H and O–H groups in total. The molecule has 0 aliphatic heterocycles.